The van der Waals surface area contributed by atoms with E-state index < -0.39 is 11.0 Å². The molecule has 2 aliphatic heterocycles. The molecule has 1 aromatic heterocycles. The van der Waals surface area contributed by atoms with Crippen LogP contribution in [0.2, 0.25) is 0 Å². The van der Waals surface area contributed by atoms with Gasteiger partial charge >= 0.3 is 0 Å². The molecule has 0 aliphatic carbocycles. The molecular formula is C28H28N4O3. The third-order valence-electron chi connectivity index (χ3n) is 7.02. The van der Waals surface area contributed by atoms with E-state index in [1.54, 1.807) is 18.3 Å². The van der Waals surface area contributed by atoms with Crippen LogP contribution in [-0.2, 0) is 28.9 Å². The number of anilines is 1. The number of aromatic nitrogens is 1. The summed E-state index contributed by atoms with van der Waals surface area (Å²) < 4.78 is 5.55. The molecular weight excluding hydrogens is 440 g/mol. The van der Waals surface area contributed by atoms with Crippen LogP contribution in [0.25, 0.3) is 0 Å². The van der Waals surface area contributed by atoms with Gasteiger partial charge in [0.15, 0.2) is 0 Å². The average Bonchev–Trinajstić information content (AvgIpc) is 3.31. The van der Waals surface area contributed by atoms with Crippen molar-refractivity contribution in [3.8, 4) is 6.07 Å². The lowest BCUT2D eigenvalue weighted by Gasteiger charge is -2.30. The molecule has 2 aliphatic rings. The number of hydrogen-bond acceptors (Lipinski definition) is 6. The molecule has 2 N–H and O–H groups in total. The number of rotatable bonds is 5. The Morgan fingerprint density at radius 3 is 2.86 bits per heavy atom. The molecule has 35 heavy (non-hydrogen) atoms. The molecule has 1 saturated heterocycles. The van der Waals surface area contributed by atoms with Gasteiger partial charge in [-0.15, -0.1) is 0 Å². The third kappa shape index (κ3) is 4.51. The van der Waals surface area contributed by atoms with Crippen LogP contribution in [0.5, 0.6) is 0 Å². The Hall–Kier alpha value is -3.73. The molecule has 7 nitrogen and oxygen atoms in total. The highest BCUT2D eigenvalue weighted by Crippen LogP contribution is 2.35. The molecule has 0 radical (unpaired) electrons. The lowest BCUT2D eigenvalue weighted by Crippen LogP contribution is -2.33. The van der Waals surface area contributed by atoms with Crippen LogP contribution in [0.15, 0.2) is 66.9 Å². The van der Waals surface area contributed by atoms with Gasteiger partial charge in [0, 0.05) is 24.0 Å². The molecule has 0 spiro atoms. The van der Waals surface area contributed by atoms with Crippen molar-refractivity contribution < 1.29 is 14.6 Å². The molecule has 1 fully saturated rings. The van der Waals surface area contributed by atoms with Crippen LogP contribution in [0.1, 0.15) is 46.1 Å². The predicted octanol–water partition coefficient (Wildman–Crippen LogP) is 3.42. The van der Waals surface area contributed by atoms with Gasteiger partial charge in [-0.1, -0.05) is 36.4 Å². The Kier molecular flexibility index (Phi) is 6.01. The monoisotopic (exact) mass is 468 g/mol. The zero-order chi connectivity index (χ0) is 24.5. The molecule has 0 bridgehead atoms. The summed E-state index contributed by atoms with van der Waals surface area (Å²) in [6.45, 7) is 4.11. The molecule has 3 aromatic rings. The van der Waals surface area contributed by atoms with Gasteiger partial charge in [-0.2, -0.15) is 5.26 Å². The van der Waals surface area contributed by atoms with Gasteiger partial charge < -0.3 is 20.1 Å². The molecule has 2 atom stereocenters. The summed E-state index contributed by atoms with van der Waals surface area (Å²) in [7, 11) is 0. The summed E-state index contributed by atoms with van der Waals surface area (Å²) in [5, 5.41) is 23.7. The Morgan fingerprint density at radius 1 is 1.23 bits per heavy atom. The van der Waals surface area contributed by atoms with Gasteiger partial charge in [0.25, 0.3) is 5.91 Å². The third-order valence-corrected chi connectivity index (χ3v) is 7.02. The van der Waals surface area contributed by atoms with Crippen LogP contribution in [-0.4, -0.2) is 35.7 Å². The maximum atomic E-state index is 12.9. The van der Waals surface area contributed by atoms with Crippen molar-refractivity contribution in [2.75, 3.05) is 24.6 Å². The van der Waals surface area contributed by atoms with E-state index >= 15 is 0 Å². The first-order valence-corrected chi connectivity index (χ1v) is 11.8. The summed E-state index contributed by atoms with van der Waals surface area (Å²) in [5.74, 6) is -0.216. The first-order chi connectivity index (χ1) is 16.9. The second-order valence-electron chi connectivity index (χ2n) is 9.57. The van der Waals surface area contributed by atoms with Crippen molar-refractivity contribution in [2.45, 2.75) is 37.5 Å². The highest BCUT2D eigenvalue weighted by Gasteiger charge is 2.38. The molecule has 5 rings (SSSR count). The fraction of sp³-hybridized carbons (Fsp3) is 0.321. The Balaban J connectivity index is 1.26. The van der Waals surface area contributed by atoms with Crippen molar-refractivity contribution in [1.82, 2.24) is 10.3 Å². The number of pyridine rings is 1. The minimum atomic E-state index is -0.881. The number of amides is 1. The van der Waals surface area contributed by atoms with E-state index in [1.807, 2.05) is 55.5 Å². The van der Waals surface area contributed by atoms with E-state index in [9.17, 15) is 15.2 Å². The highest BCUT2D eigenvalue weighted by atomic mass is 16.5. The molecule has 3 heterocycles. The number of β-amino-alcohol motifs (C(OH)–C–C–N with tert-alkyl or cyclic N) is 1. The van der Waals surface area contributed by atoms with Crippen molar-refractivity contribution in [1.29, 1.82) is 5.26 Å². The van der Waals surface area contributed by atoms with Crippen molar-refractivity contribution in [3.05, 3.63) is 94.8 Å². The Morgan fingerprint density at radius 2 is 2.06 bits per heavy atom. The number of ether oxygens (including phenoxy) is 1. The van der Waals surface area contributed by atoms with E-state index in [-0.39, 0.29) is 12.5 Å². The van der Waals surface area contributed by atoms with Gasteiger partial charge in [-0.05, 0) is 54.3 Å². The summed E-state index contributed by atoms with van der Waals surface area (Å²) in [5.41, 5.74) is 3.27. The van der Waals surface area contributed by atoms with Gasteiger partial charge in [0.05, 0.1) is 38.1 Å². The molecule has 1 amide bonds. The Labute approximate surface area is 205 Å². The van der Waals surface area contributed by atoms with Crippen LogP contribution in [0.3, 0.4) is 0 Å². The topological polar surface area (TPSA) is 98.5 Å². The lowest BCUT2D eigenvalue weighted by molar-refractivity contribution is 0.0607. The normalized spacial score (nSPS) is 23.4. The smallest absolute Gasteiger partial charge is 0.251 e. The minimum Gasteiger partial charge on any atom is -0.383 e. The van der Waals surface area contributed by atoms with Crippen LogP contribution >= 0.6 is 0 Å². The first kappa shape index (κ1) is 23.0. The maximum Gasteiger partial charge on any atom is 0.251 e. The summed E-state index contributed by atoms with van der Waals surface area (Å²) in [6, 6.07) is 21.4. The van der Waals surface area contributed by atoms with E-state index in [4.69, 9.17) is 4.74 Å². The zero-order valence-electron chi connectivity index (χ0n) is 19.7. The number of carbonyl (C=O) groups is 1. The number of nitrogens with zero attached hydrogens (tertiary/aromatic N) is 3. The van der Waals surface area contributed by atoms with Gasteiger partial charge in [-0.25, -0.2) is 0 Å². The Bertz CT molecular complexity index is 1290. The number of hydrogen-bond donors (Lipinski definition) is 2. The number of fused-ring (bicyclic) bond motifs is 1. The molecule has 2 aromatic carbocycles. The van der Waals surface area contributed by atoms with Crippen molar-refractivity contribution >= 4 is 11.6 Å². The predicted molar refractivity (Wildman–Crippen MR) is 132 cm³/mol. The van der Waals surface area contributed by atoms with Gasteiger partial charge in [0.2, 0.25) is 0 Å². The second-order valence-corrected chi connectivity index (χ2v) is 9.57. The SMILES string of the molecule is C[C@@]1(C#N)COCc2ccc(C(=O)NCc3cc(N4CCC(O)(c5ccccc5)C4)ccn3)cc21. The van der Waals surface area contributed by atoms with Crippen LogP contribution in [0.4, 0.5) is 5.69 Å². The quantitative estimate of drug-likeness (QED) is 0.595. The molecule has 178 valence electrons. The minimum absolute atomic E-state index is 0.216. The first-order valence-electron chi connectivity index (χ1n) is 11.8. The van der Waals surface area contributed by atoms with E-state index in [0.717, 1.165) is 34.6 Å². The summed E-state index contributed by atoms with van der Waals surface area (Å²) in [4.78, 5) is 19.5. The number of nitrogens with one attached hydrogen (secondary N) is 1. The van der Waals surface area contributed by atoms with Crippen LogP contribution in [0, 0.1) is 11.3 Å². The average molecular weight is 469 g/mol. The van der Waals surface area contributed by atoms with Gasteiger partial charge in [0.1, 0.15) is 11.0 Å². The van der Waals surface area contributed by atoms with Crippen molar-refractivity contribution in [3.63, 3.8) is 0 Å². The van der Waals surface area contributed by atoms with Crippen molar-refractivity contribution in [2.24, 2.45) is 0 Å². The van der Waals surface area contributed by atoms with E-state index in [1.165, 1.54) is 0 Å². The number of aliphatic hydroxyl groups is 1. The summed E-state index contributed by atoms with van der Waals surface area (Å²) >= 11 is 0. The van der Waals surface area contributed by atoms with Gasteiger partial charge in [-0.3, -0.25) is 9.78 Å². The number of nitriles is 1. The molecule has 1 unspecified atom stereocenters. The highest BCUT2D eigenvalue weighted by molar-refractivity contribution is 5.94. The standard InChI is InChI=1S/C28H28N4O3/c1-27(17-29)19-35-16-21-8-7-20(13-25(21)27)26(33)31-15-23-14-24(9-11-30-23)32-12-10-28(34,18-32)22-5-3-2-4-6-22/h2-9,11,13-14,34H,10,12,15-16,18-19H2,1H3,(H,31,33)/t27-,28?/m1/s1. The number of benzene rings is 2. The maximum absolute atomic E-state index is 12.9. The number of carbonyl (C=O) groups excluding carboxylic acids is 1. The van der Waals surface area contributed by atoms with E-state index in [2.05, 4.69) is 21.3 Å². The van der Waals surface area contributed by atoms with Crippen LogP contribution < -0.4 is 10.2 Å². The largest absolute Gasteiger partial charge is 0.383 e. The molecule has 7 heteroatoms. The summed E-state index contributed by atoms with van der Waals surface area (Å²) in [6.07, 6.45) is 2.38. The molecule has 0 saturated carbocycles. The fourth-order valence-corrected chi connectivity index (χ4v) is 4.92. The lowest BCUT2D eigenvalue weighted by atomic mass is 9.79. The zero-order valence-corrected chi connectivity index (χ0v) is 19.7. The fourth-order valence-electron chi connectivity index (χ4n) is 4.92. The van der Waals surface area contributed by atoms with E-state index in [0.29, 0.717) is 31.7 Å². The second kappa shape index (κ2) is 9.14.